The fourth-order valence-electron chi connectivity index (χ4n) is 12.6. The standard InChI is InChI=1S/C59H77N3O18Si2/c1-15-82(16-2,17-3)79-43-31-44-58(33-74-44,78-36(6)64)49-51(77-53(67)39-28-40(61(70)71)30-41(29-39)62(72)73)59(69)32-42(34(4)45(56(59,10)11)47(75-35(5)63)50(65)57(43,49)12)76-54(68)48(80-81(13,14)55(7,8)9)46(37-24-20-18-21-25-37)60-52(66)38-26-22-19-23-27-38/h18-30,42-44,46-49,51,69H,15-17,31-33H2,1-14H3,(H,60,66)/t42-,43-,44+,46-,47+,48+,49-,51-,57+,58-,59+/m0/s1. The molecule has 2 bridgehead atoms. The molecule has 0 aromatic heterocycles. The van der Waals surface area contributed by atoms with E-state index in [1.807, 2.05) is 54.6 Å². The maximum absolute atomic E-state index is 16.7. The van der Waals surface area contributed by atoms with Crippen LogP contribution in [0.15, 0.2) is 90.0 Å². The van der Waals surface area contributed by atoms with Gasteiger partial charge in [-0.25, -0.2) is 9.59 Å². The average Bonchev–Trinajstić information content (AvgIpc) is 0.708. The van der Waals surface area contributed by atoms with Crippen molar-refractivity contribution < 1.29 is 76.3 Å². The molecule has 0 spiro atoms. The SMILES string of the molecule is CC[Si](CC)(CC)O[C@H]1C[C@H]2OC[C@@]2(OC(C)=O)[C@H]2[C@H](OC(=O)c3cc([N+](=O)[O-])cc([N+](=O)[O-])c3)[C@]3(O)C[C@H](OC(=O)[C@H](O[Si](C)(C)C(C)(C)C)[C@@H](NC(=O)c4ccccc4)c4ccccc4)C(C)=C([C@@H](OC(C)=O)C(=O)[C@]12C)C3(C)C. The molecule has 21 nitrogen and oxygen atoms in total. The number of ketones is 1. The summed E-state index contributed by atoms with van der Waals surface area (Å²) in [5.41, 5.74) is -9.99. The van der Waals surface area contributed by atoms with Crippen LogP contribution in [-0.2, 0) is 51.7 Å². The Bertz CT molecular complexity index is 2990. The van der Waals surface area contributed by atoms with E-state index in [2.05, 4.69) is 5.32 Å². The van der Waals surface area contributed by atoms with Crippen molar-refractivity contribution in [3.63, 3.8) is 0 Å². The number of nitro benzene ring substituents is 2. The van der Waals surface area contributed by atoms with Crippen molar-refractivity contribution in [2.24, 2.45) is 16.7 Å². The number of non-ortho nitro benzene ring substituents is 2. The first-order valence-electron chi connectivity index (χ1n) is 27.8. The van der Waals surface area contributed by atoms with E-state index in [1.165, 1.54) is 20.8 Å². The number of nitro groups is 2. The van der Waals surface area contributed by atoms with Crippen molar-refractivity contribution in [2.45, 2.75) is 186 Å². The maximum Gasteiger partial charge on any atom is 0.339 e. The van der Waals surface area contributed by atoms with Crippen molar-refractivity contribution in [3.8, 4) is 0 Å². The number of carbonyl (C=O) groups is 6. The lowest BCUT2D eigenvalue weighted by Gasteiger charge is -2.68. The second-order valence-corrected chi connectivity index (χ2v) is 33.9. The summed E-state index contributed by atoms with van der Waals surface area (Å²) in [5.74, 6) is -7.27. The normalized spacial score (nSPS) is 27.6. The Labute approximate surface area is 479 Å². The molecule has 11 atom stereocenters. The third kappa shape index (κ3) is 11.3. The number of benzene rings is 3. The summed E-state index contributed by atoms with van der Waals surface area (Å²) in [5, 5.41) is 41.5. The molecule has 3 aromatic carbocycles. The van der Waals surface area contributed by atoms with Gasteiger partial charge in [0.15, 0.2) is 40.2 Å². The zero-order valence-corrected chi connectivity index (χ0v) is 51.1. The van der Waals surface area contributed by atoms with Gasteiger partial charge in [0, 0.05) is 49.8 Å². The first-order valence-corrected chi connectivity index (χ1v) is 33.2. The molecule has 3 fully saturated rings. The van der Waals surface area contributed by atoms with Gasteiger partial charge in [0.25, 0.3) is 17.3 Å². The van der Waals surface area contributed by atoms with Crippen LogP contribution >= 0.6 is 0 Å². The number of aliphatic hydroxyl groups is 1. The minimum Gasteiger partial charge on any atom is -0.456 e. The highest BCUT2D eigenvalue weighted by Crippen LogP contribution is 2.65. The van der Waals surface area contributed by atoms with Gasteiger partial charge in [-0.15, -0.1) is 0 Å². The molecule has 1 saturated heterocycles. The number of rotatable bonds is 19. The van der Waals surface area contributed by atoms with Crippen molar-refractivity contribution in [3.05, 3.63) is 127 Å². The highest BCUT2D eigenvalue weighted by atomic mass is 28.4. The molecule has 3 aliphatic carbocycles. The fraction of sp³-hybridized carbons (Fsp3) is 0.559. The highest BCUT2D eigenvalue weighted by Gasteiger charge is 2.79. The smallest absolute Gasteiger partial charge is 0.339 e. The molecule has 444 valence electrons. The second kappa shape index (κ2) is 23.3. The largest absolute Gasteiger partial charge is 0.456 e. The molecular weight excluding hydrogens is 1090 g/mol. The van der Waals surface area contributed by atoms with E-state index in [4.69, 9.17) is 32.5 Å². The van der Waals surface area contributed by atoms with Gasteiger partial charge in [-0.3, -0.25) is 39.4 Å². The number of amides is 1. The number of Topliss-reactive ketones (excluding diaryl/α,β-unsaturated/α-hetero) is 1. The molecule has 82 heavy (non-hydrogen) atoms. The number of hydrogen-bond acceptors (Lipinski definition) is 18. The van der Waals surface area contributed by atoms with Crippen molar-refractivity contribution in [2.75, 3.05) is 6.61 Å². The molecule has 3 aromatic rings. The van der Waals surface area contributed by atoms with Gasteiger partial charge in [-0.05, 0) is 79.0 Å². The predicted octanol–water partition coefficient (Wildman–Crippen LogP) is 9.61. The van der Waals surface area contributed by atoms with Gasteiger partial charge in [0.2, 0.25) is 0 Å². The maximum atomic E-state index is 16.7. The van der Waals surface area contributed by atoms with E-state index >= 15 is 14.4 Å². The topological polar surface area (TPSA) is 286 Å². The zero-order chi connectivity index (χ0) is 60.9. The van der Waals surface area contributed by atoms with Crippen molar-refractivity contribution >= 4 is 63.6 Å². The van der Waals surface area contributed by atoms with E-state index < -0.39 is 168 Å². The molecule has 1 aliphatic heterocycles. The Morgan fingerprint density at radius 1 is 0.829 bits per heavy atom. The quantitative estimate of drug-likeness (QED) is 0.0282. The van der Waals surface area contributed by atoms with E-state index in [0.717, 1.165) is 26.0 Å². The minimum atomic E-state index is -3.05. The van der Waals surface area contributed by atoms with E-state index in [1.54, 1.807) is 67.6 Å². The van der Waals surface area contributed by atoms with Gasteiger partial charge in [0.05, 0.1) is 51.6 Å². The lowest BCUT2D eigenvalue weighted by molar-refractivity contribution is -0.394. The van der Waals surface area contributed by atoms with Crippen LogP contribution in [0.25, 0.3) is 0 Å². The summed E-state index contributed by atoms with van der Waals surface area (Å²) >= 11 is 0. The fourth-order valence-corrected chi connectivity index (χ4v) is 16.7. The van der Waals surface area contributed by atoms with Gasteiger partial charge < -0.3 is 43.0 Å². The lowest BCUT2D eigenvalue weighted by atomic mass is 9.44. The van der Waals surface area contributed by atoms with Crippen LogP contribution in [0.1, 0.15) is 128 Å². The monoisotopic (exact) mass is 1170 g/mol. The number of nitrogens with zero attached hydrogens (tertiary/aromatic N) is 2. The molecule has 1 amide bonds. The minimum absolute atomic E-state index is 0.0398. The molecule has 0 radical (unpaired) electrons. The summed E-state index contributed by atoms with van der Waals surface area (Å²) in [7, 11) is -5.86. The van der Waals surface area contributed by atoms with Crippen LogP contribution in [0.4, 0.5) is 11.4 Å². The molecule has 7 rings (SSSR count). The van der Waals surface area contributed by atoms with E-state index in [0.29, 0.717) is 29.8 Å². The third-order valence-electron chi connectivity index (χ3n) is 18.5. The van der Waals surface area contributed by atoms with Crippen molar-refractivity contribution in [1.29, 1.82) is 0 Å². The molecule has 0 unspecified atom stereocenters. The zero-order valence-electron chi connectivity index (χ0n) is 49.1. The number of hydrogen-bond donors (Lipinski definition) is 2. The van der Waals surface area contributed by atoms with E-state index in [9.17, 15) is 39.7 Å². The molecule has 4 aliphatic rings. The van der Waals surface area contributed by atoms with Gasteiger partial charge in [-0.2, -0.15) is 0 Å². The predicted molar refractivity (Wildman–Crippen MR) is 303 cm³/mol. The summed E-state index contributed by atoms with van der Waals surface area (Å²) in [6.07, 6.45) is -10.2. The molecular formula is C59H77N3O18Si2. The molecule has 2 N–H and O–H groups in total. The number of fused-ring (bicyclic) bond motifs is 5. The Morgan fingerprint density at radius 2 is 1.39 bits per heavy atom. The van der Waals surface area contributed by atoms with Gasteiger partial charge in [0.1, 0.15) is 23.9 Å². The number of carbonyl (C=O) groups excluding carboxylic acids is 6. The summed E-state index contributed by atoms with van der Waals surface area (Å²) in [4.78, 5) is 112. The van der Waals surface area contributed by atoms with E-state index in [-0.39, 0.29) is 23.1 Å². The van der Waals surface area contributed by atoms with Crippen LogP contribution in [0.3, 0.4) is 0 Å². The Balaban J connectivity index is 1.53. The van der Waals surface area contributed by atoms with Gasteiger partial charge in [-0.1, -0.05) is 104 Å². The van der Waals surface area contributed by atoms with Crippen molar-refractivity contribution in [1.82, 2.24) is 5.32 Å². The molecule has 23 heteroatoms. The first-order chi connectivity index (χ1) is 38.2. The summed E-state index contributed by atoms with van der Waals surface area (Å²) in [6.45, 7) is 23.6. The second-order valence-electron chi connectivity index (χ2n) is 24.4. The number of ether oxygens (including phenoxy) is 5. The number of nitrogens with one attached hydrogen (secondary N) is 1. The Kier molecular flexibility index (Phi) is 17.9. The average molecular weight is 1170 g/mol. The first kappa shape index (κ1) is 63.1. The number of esters is 4. The summed E-state index contributed by atoms with van der Waals surface area (Å²) < 4.78 is 46.5. The van der Waals surface area contributed by atoms with Crippen LogP contribution in [0.5, 0.6) is 0 Å². The summed E-state index contributed by atoms with van der Waals surface area (Å²) in [6, 6.07) is 19.7. The van der Waals surface area contributed by atoms with Crippen LogP contribution in [-0.4, -0.2) is 122 Å². The van der Waals surface area contributed by atoms with Gasteiger partial charge >= 0.3 is 23.9 Å². The Morgan fingerprint density at radius 3 is 1.88 bits per heavy atom. The highest BCUT2D eigenvalue weighted by molar-refractivity contribution is 6.74. The van der Waals surface area contributed by atoms with Crippen LogP contribution < -0.4 is 5.32 Å². The van der Waals surface area contributed by atoms with Crippen LogP contribution in [0.2, 0.25) is 36.3 Å². The lowest BCUT2D eigenvalue weighted by Crippen LogP contribution is -2.82. The Hall–Kier alpha value is -6.51. The third-order valence-corrected chi connectivity index (χ3v) is 27.6. The van der Waals surface area contributed by atoms with Crippen LogP contribution in [0, 0.1) is 37.0 Å². The molecule has 1 heterocycles. The molecule has 2 saturated carbocycles.